The van der Waals surface area contributed by atoms with E-state index in [1.165, 1.54) is 6.07 Å². The van der Waals surface area contributed by atoms with Gasteiger partial charge in [0.05, 0.1) is 6.07 Å². The van der Waals surface area contributed by atoms with E-state index in [0.29, 0.717) is 5.76 Å². The van der Waals surface area contributed by atoms with Gasteiger partial charge in [0.25, 0.3) is 0 Å². The van der Waals surface area contributed by atoms with Gasteiger partial charge in [0.2, 0.25) is 0 Å². The lowest BCUT2D eigenvalue weighted by atomic mass is 10.4. The second-order valence-corrected chi connectivity index (χ2v) is 3.85. The summed E-state index contributed by atoms with van der Waals surface area (Å²) in [5.74, 6) is 1.46. The molecule has 6 heteroatoms. The Morgan fingerprint density at radius 2 is 2.54 bits per heavy atom. The lowest BCUT2D eigenvalue weighted by Crippen LogP contribution is -2.11. The number of thioether (sulfide) groups is 1. The number of nitrogens with one attached hydrogen (secondary N) is 1. The Morgan fingerprint density at radius 3 is 3.08 bits per heavy atom. The van der Waals surface area contributed by atoms with Gasteiger partial charge >= 0.3 is 5.88 Å². The molecule has 1 fully saturated rings. The predicted octanol–water partition coefficient (Wildman–Crippen LogP) is 1.52. The second-order valence-electron chi connectivity index (χ2n) is 2.64. The number of furan rings is 1. The van der Waals surface area contributed by atoms with Gasteiger partial charge in [-0.15, -0.1) is 11.8 Å². The standard InChI is InChI=1S/C7H8N2O3S/c10-9(11)6-2-1-5(12-6)7-8-3-4-13-7/h1-2,7-8H,3-4H2. The molecule has 70 valence electrons. The fourth-order valence-corrected chi connectivity index (χ4v) is 2.19. The van der Waals surface area contributed by atoms with Crippen molar-refractivity contribution in [2.45, 2.75) is 5.37 Å². The van der Waals surface area contributed by atoms with Gasteiger partial charge in [0.15, 0.2) is 0 Å². The van der Waals surface area contributed by atoms with Crippen molar-refractivity contribution in [1.82, 2.24) is 5.32 Å². The Morgan fingerprint density at radius 1 is 1.69 bits per heavy atom. The molecule has 13 heavy (non-hydrogen) atoms. The summed E-state index contributed by atoms with van der Waals surface area (Å²) in [6.07, 6.45) is 0. The first-order valence-corrected chi connectivity index (χ1v) is 4.91. The Hall–Kier alpha value is -1.01. The van der Waals surface area contributed by atoms with Gasteiger partial charge in [-0.2, -0.15) is 0 Å². The van der Waals surface area contributed by atoms with Gasteiger partial charge < -0.3 is 4.42 Å². The van der Waals surface area contributed by atoms with Crippen molar-refractivity contribution >= 4 is 17.6 Å². The summed E-state index contributed by atoms with van der Waals surface area (Å²) in [6, 6.07) is 3.03. The number of nitrogens with zero attached hydrogens (tertiary/aromatic N) is 1. The summed E-state index contributed by atoms with van der Waals surface area (Å²) in [5, 5.41) is 13.6. The van der Waals surface area contributed by atoms with Crippen LogP contribution in [0, 0.1) is 10.1 Å². The number of hydrogen-bond acceptors (Lipinski definition) is 5. The molecule has 1 N–H and O–H groups in total. The Bertz CT molecular complexity index is 319. The molecule has 0 bridgehead atoms. The fraction of sp³-hybridized carbons (Fsp3) is 0.429. The fourth-order valence-electron chi connectivity index (χ4n) is 1.19. The molecular weight excluding hydrogens is 192 g/mol. The van der Waals surface area contributed by atoms with E-state index >= 15 is 0 Å². The van der Waals surface area contributed by atoms with E-state index < -0.39 is 4.92 Å². The van der Waals surface area contributed by atoms with Crippen LogP contribution in [0.4, 0.5) is 5.88 Å². The van der Waals surface area contributed by atoms with Crippen LogP contribution >= 0.6 is 11.8 Å². The molecule has 1 aromatic heterocycles. The second kappa shape index (κ2) is 3.39. The molecule has 1 unspecified atom stereocenters. The molecule has 1 saturated heterocycles. The maximum Gasteiger partial charge on any atom is 0.433 e. The number of hydrogen-bond donors (Lipinski definition) is 1. The summed E-state index contributed by atoms with van der Waals surface area (Å²) >= 11 is 1.69. The van der Waals surface area contributed by atoms with Crippen molar-refractivity contribution < 1.29 is 9.34 Å². The molecule has 1 aromatic rings. The van der Waals surface area contributed by atoms with Crippen LogP contribution in [0.2, 0.25) is 0 Å². The van der Waals surface area contributed by atoms with Crippen LogP contribution in [-0.4, -0.2) is 17.2 Å². The van der Waals surface area contributed by atoms with Crippen LogP contribution in [0.3, 0.4) is 0 Å². The van der Waals surface area contributed by atoms with Gasteiger partial charge in [-0.25, -0.2) is 0 Å². The van der Waals surface area contributed by atoms with Gasteiger partial charge in [0, 0.05) is 12.3 Å². The smallest absolute Gasteiger partial charge is 0.403 e. The minimum atomic E-state index is -0.525. The summed E-state index contributed by atoms with van der Waals surface area (Å²) in [4.78, 5) is 9.79. The first-order valence-electron chi connectivity index (χ1n) is 3.86. The monoisotopic (exact) mass is 200 g/mol. The molecule has 1 aliphatic rings. The normalized spacial score (nSPS) is 22.0. The van der Waals surface area contributed by atoms with E-state index in [1.54, 1.807) is 17.8 Å². The van der Waals surface area contributed by atoms with E-state index in [9.17, 15) is 10.1 Å². The zero-order valence-corrected chi connectivity index (χ0v) is 7.54. The van der Waals surface area contributed by atoms with E-state index in [0.717, 1.165) is 12.3 Å². The van der Waals surface area contributed by atoms with Gasteiger partial charge in [0.1, 0.15) is 16.1 Å². The molecule has 5 nitrogen and oxygen atoms in total. The molecule has 0 saturated carbocycles. The Kier molecular flexibility index (Phi) is 2.24. The zero-order valence-electron chi connectivity index (χ0n) is 6.73. The topological polar surface area (TPSA) is 68.3 Å². The van der Waals surface area contributed by atoms with Crippen LogP contribution in [0.25, 0.3) is 0 Å². The minimum absolute atomic E-state index is 0.0775. The molecule has 1 atom stereocenters. The molecule has 2 heterocycles. The van der Waals surface area contributed by atoms with Gasteiger partial charge in [-0.1, -0.05) is 0 Å². The van der Waals surface area contributed by atoms with Crippen molar-refractivity contribution in [2.75, 3.05) is 12.3 Å². The van der Waals surface area contributed by atoms with Gasteiger partial charge in [-0.3, -0.25) is 15.4 Å². The van der Waals surface area contributed by atoms with Crippen molar-refractivity contribution in [3.63, 3.8) is 0 Å². The maximum atomic E-state index is 10.3. The summed E-state index contributed by atoms with van der Waals surface area (Å²) < 4.78 is 5.05. The Labute approximate surface area is 78.6 Å². The highest BCUT2D eigenvalue weighted by molar-refractivity contribution is 7.99. The third-order valence-corrected chi connectivity index (χ3v) is 2.94. The maximum absolute atomic E-state index is 10.3. The molecule has 2 rings (SSSR count). The largest absolute Gasteiger partial charge is 0.433 e. The number of rotatable bonds is 2. The first kappa shape index (κ1) is 8.58. The van der Waals surface area contributed by atoms with Gasteiger partial charge in [-0.05, 0) is 6.07 Å². The first-order chi connectivity index (χ1) is 6.27. The summed E-state index contributed by atoms with van der Waals surface area (Å²) in [7, 11) is 0. The quantitative estimate of drug-likeness (QED) is 0.579. The Balaban J connectivity index is 2.16. The van der Waals surface area contributed by atoms with E-state index in [2.05, 4.69) is 5.32 Å². The average Bonchev–Trinajstić information content (AvgIpc) is 2.75. The van der Waals surface area contributed by atoms with Crippen molar-refractivity contribution in [3.05, 3.63) is 28.0 Å². The molecule has 0 spiro atoms. The lowest BCUT2D eigenvalue weighted by molar-refractivity contribution is -0.402. The molecule has 0 aromatic carbocycles. The van der Waals surface area contributed by atoms with Crippen molar-refractivity contribution in [1.29, 1.82) is 0 Å². The summed E-state index contributed by atoms with van der Waals surface area (Å²) in [6.45, 7) is 0.920. The molecular formula is C7H8N2O3S. The number of nitro groups is 1. The summed E-state index contributed by atoms with van der Waals surface area (Å²) in [5.41, 5.74) is 0. The molecule has 0 amide bonds. The van der Waals surface area contributed by atoms with E-state index in [1.807, 2.05) is 0 Å². The molecule has 1 aliphatic heterocycles. The lowest BCUT2D eigenvalue weighted by Gasteiger charge is -2.02. The highest BCUT2D eigenvalue weighted by Crippen LogP contribution is 2.32. The van der Waals surface area contributed by atoms with Crippen LogP contribution in [0.5, 0.6) is 0 Å². The van der Waals surface area contributed by atoms with Crippen LogP contribution in [-0.2, 0) is 0 Å². The average molecular weight is 200 g/mol. The molecule has 0 radical (unpaired) electrons. The third-order valence-electron chi connectivity index (χ3n) is 1.77. The highest BCUT2D eigenvalue weighted by atomic mass is 32.2. The minimum Gasteiger partial charge on any atom is -0.403 e. The zero-order chi connectivity index (χ0) is 9.26. The SMILES string of the molecule is O=[N+]([O-])c1ccc(C2NCCS2)o1. The van der Waals surface area contributed by atoms with E-state index in [4.69, 9.17) is 4.42 Å². The third kappa shape index (κ3) is 1.68. The van der Waals surface area contributed by atoms with E-state index in [-0.39, 0.29) is 11.3 Å². The van der Waals surface area contributed by atoms with Crippen LogP contribution < -0.4 is 5.32 Å². The molecule has 0 aliphatic carbocycles. The van der Waals surface area contributed by atoms with Crippen LogP contribution in [0.15, 0.2) is 16.5 Å². The van der Waals surface area contributed by atoms with Crippen molar-refractivity contribution in [3.8, 4) is 0 Å². The highest BCUT2D eigenvalue weighted by Gasteiger charge is 2.22. The van der Waals surface area contributed by atoms with Crippen LogP contribution in [0.1, 0.15) is 11.1 Å². The predicted molar refractivity (Wildman–Crippen MR) is 48.6 cm³/mol. The van der Waals surface area contributed by atoms with Crippen molar-refractivity contribution in [2.24, 2.45) is 0 Å².